The zero-order valence-corrected chi connectivity index (χ0v) is 12.8. The monoisotopic (exact) mass is 311 g/mol. The first-order chi connectivity index (χ1) is 11.2. The van der Waals surface area contributed by atoms with Gasteiger partial charge in [-0.2, -0.15) is 5.26 Å². The van der Waals surface area contributed by atoms with Crippen molar-refractivity contribution in [2.75, 3.05) is 19.0 Å². The van der Waals surface area contributed by atoms with Crippen molar-refractivity contribution in [3.63, 3.8) is 0 Å². The predicted octanol–water partition coefficient (Wildman–Crippen LogP) is 2.76. The summed E-state index contributed by atoms with van der Waals surface area (Å²) in [7, 11) is 1.52. The highest BCUT2D eigenvalue weighted by atomic mass is 16.5. The van der Waals surface area contributed by atoms with E-state index in [1.165, 1.54) is 7.11 Å². The maximum atomic E-state index is 11.8. The van der Waals surface area contributed by atoms with E-state index < -0.39 is 0 Å². The standard InChI is InChI=1S/C17H17N3O3/c1-22-16-10-13(11-18)6-7-15(16)23-9-3-5-17(21)20-14-4-2-8-19-12-14/h2,4,6-8,10,12H,3,5,9H2,1H3,(H,20,21). The Morgan fingerprint density at radius 3 is 2.91 bits per heavy atom. The summed E-state index contributed by atoms with van der Waals surface area (Å²) in [6, 6.07) is 10.5. The average Bonchev–Trinajstić information content (AvgIpc) is 2.59. The molecule has 1 N–H and O–H groups in total. The van der Waals surface area contributed by atoms with Crippen LogP contribution >= 0.6 is 0 Å². The minimum atomic E-state index is -0.0895. The highest BCUT2D eigenvalue weighted by Gasteiger charge is 2.07. The molecule has 2 rings (SSSR count). The molecule has 1 amide bonds. The van der Waals surface area contributed by atoms with Crippen molar-refractivity contribution in [2.24, 2.45) is 0 Å². The molecule has 2 aromatic rings. The van der Waals surface area contributed by atoms with Crippen LogP contribution < -0.4 is 14.8 Å². The predicted molar refractivity (Wildman–Crippen MR) is 85.3 cm³/mol. The summed E-state index contributed by atoms with van der Waals surface area (Å²) in [5.41, 5.74) is 1.18. The van der Waals surface area contributed by atoms with Gasteiger partial charge < -0.3 is 14.8 Å². The fourth-order valence-electron chi connectivity index (χ4n) is 1.93. The van der Waals surface area contributed by atoms with Gasteiger partial charge in [0.25, 0.3) is 0 Å². The van der Waals surface area contributed by atoms with Crippen LogP contribution in [0.5, 0.6) is 11.5 Å². The quantitative estimate of drug-likeness (QED) is 0.795. The fourth-order valence-corrected chi connectivity index (χ4v) is 1.93. The largest absolute Gasteiger partial charge is 0.493 e. The molecular formula is C17H17N3O3. The lowest BCUT2D eigenvalue weighted by molar-refractivity contribution is -0.116. The van der Waals surface area contributed by atoms with Gasteiger partial charge in [-0.1, -0.05) is 0 Å². The second kappa shape index (κ2) is 8.39. The van der Waals surface area contributed by atoms with Crippen molar-refractivity contribution in [3.05, 3.63) is 48.3 Å². The lowest BCUT2D eigenvalue weighted by Crippen LogP contribution is -2.13. The molecule has 6 nitrogen and oxygen atoms in total. The second-order valence-corrected chi connectivity index (χ2v) is 4.72. The molecule has 0 atom stereocenters. The molecule has 1 aromatic carbocycles. The fraction of sp³-hybridized carbons (Fsp3) is 0.235. The number of pyridine rings is 1. The van der Waals surface area contributed by atoms with Crippen LogP contribution in [-0.4, -0.2) is 24.6 Å². The van der Waals surface area contributed by atoms with E-state index in [2.05, 4.69) is 10.3 Å². The van der Waals surface area contributed by atoms with Gasteiger partial charge >= 0.3 is 0 Å². The van der Waals surface area contributed by atoms with Crippen molar-refractivity contribution in [3.8, 4) is 17.6 Å². The summed E-state index contributed by atoms with van der Waals surface area (Å²) >= 11 is 0. The number of aromatic nitrogens is 1. The summed E-state index contributed by atoms with van der Waals surface area (Å²) in [4.78, 5) is 15.7. The summed E-state index contributed by atoms with van der Waals surface area (Å²) in [5.74, 6) is 0.969. The lowest BCUT2D eigenvalue weighted by Gasteiger charge is -2.10. The smallest absolute Gasteiger partial charge is 0.224 e. The molecule has 0 aliphatic rings. The maximum absolute atomic E-state index is 11.8. The molecule has 0 saturated carbocycles. The van der Waals surface area contributed by atoms with E-state index in [0.29, 0.717) is 42.2 Å². The van der Waals surface area contributed by atoms with E-state index in [-0.39, 0.29) is 5.91 Å². The zero-order chi connectivity index (χ0) is 16.5. The molecule has 0 aliphatic carbocycles. The first kappa shape index (κ1) is 16.3. The van der Waals surface area contributed by atoms with Crippen LogP contribution in [0.3, 0.4) is 0 Å². The third-order valence-electron chi connectivity index (χ3n) is 3.04. The minimum absolute atomic E-state index is 0.0895. The number of rotatable bonds is 7. The molecule has 1 aromatic heterocycles. The van der Waals surface area contributed by atoms with Crippen LogP contribution in [0.15, 0.2) is 42.7 Å². The van der Waals surface area contributed by atoms with Crippen molar-refractivity contribution in [1.29, 1.82) is 5.26 Å². The number of amides is 1. The molecule has 0 radical (unpaired) electrons. The van der Waals surface area contributed by atoms with Crippen LogP contribution in [0.4, 0.5) is 5.69 Å². The summed E-state index contributed by atoms with van der Waals surface area (Å²) < 4.78 is 10.8. The number of carbonyl (C=O) groups is 1. The maximum Gasteiger partial charge on any atom is 0.224 e. The van der Waals surface area contributed by atoms with E-state index in [4.69, 9.17) is 14.7 Å². The van der Waals surface area contributed by atoms with Crippen LogP contribution in [0.25, 0.3) is 0 Å². The molecule has 0 aliphatic heterocycles. The van der Waals surface area contributed by atoms with Crippen LogP contribution in [0.2, 0.25) is 0 Å². The average molecular weight is 311 g/mol. The van der Waals surface area contributed by atoms with Crippen molar-refractivity contribution in [2.45, 2.75) is 12.8 Å². The number of benzene rings is 1. The normalized spacial score (nSPS) is 9.74. The second-order valence-electron chi connectivity index (χ2n) is 4.72. The Hall–Kier alpha value is -3.07. The van der Waals surface area contributed by atoms with E-state index >= 15 is 0 Å². The molecule has 118 valence electrons. The van der Waals surface area contributed by atoms with E-state index in [0.717, 1.165) is 0 Å². The van der Waals surface area contributed by atoms with Crippen molar-refractivity contribution < 1.29 is 14.3 Å². The SMILES string of the molecule is COc1cc(C#N)ccc1OCCCC(=O)Nc1cccnc1. The summed E-state index contributed by atoms with van der Waals surface area (Å²) in [6.07, 6.45) is 4.15. The van der Waals surface area contributed by atoms with Gasteiger partial charge in [-0.25, -0.2) is 0 Å². The minimum Gasteiger partial charge on any atom is -0.493 e. The van der Waals surface area contributed by atoms with Gasteiger partial charge in [0, 0.05) is 18.7 Å². The number of ether oxygens (including phenoxy) is 2. The Kier molecular flexibility index (Phi) is 5.95. The number of hydrogen-bond donors (Lipinski definition) is 1. The number of hydrogen-bond acceptors (Lipinski definition) is 5. The van der Waals surface area contributed by atoms with Crippen molar-refractivity contribution in [1.82, 2.24) is 4.98 Å². The highest BCUT2D eigenvalue weighted by Crippen LogP contribution is 2.27. The Labute approximate surface area is 134 Å². The van der Waals surface area contributed by atoms with Gasteiger partial charge in [0.05, 0.1) is 37.2 Å². The highest BCUT2D eigenvalue weighted by molar-refractivity contribution is 5.90. The molecule has 23 heavy (non-hydrogen) atoms. The van der Waals surface area contributed by atoms with E-state index in [9.17, 15) is 4.79 Å². The van der Waals surface area contributed by atoms with Gasteiger partial charge in [-0.15, -0.1) is 0 Å². The third-order valence-corrected chi connectivity index (χ3v) is 3.04. The van der Waals surface area contributed by atoms with E-state index in [1.807, 2.05) is 6.07 Å². The summed E-state index contributed by atoms with van der Waals surface area (Å²) in [5, 5.41) is 11.6. The molecule has 0 saturated heterocycles. The number of methoxy groups -OCH3 is 1. The number of nitrogens with zero attached hydrogens (tertiary/aromatic N) is 2. The third kappa shape index (κ3) is 5.00. The van der Waals surface area contributed by atoms with Gasteiger partial charge in [0.15, 0.2) is 11.5 Å². The molecular weight excluding hydrogens is 294 g/mol. The van der Waals surface area contributed by atoms with Crippen molar-refractivity contribution >= 4 is 11.6 Å². The first-order valence-electron chi connectivity index (χ1n) is 7.13. The van der Waals surface area contributed by atoms with E-state index in [1.54, 1.807) is 42.7 Å². The molecule has 0 spiro atoms. The Morgan fingerprint density at radius 1 is 1.35 bits per heavy atom. The van der Waals surface area contributed by atoms with Gasteiger partial charge in [0.2, 0.25) is 5.91 Å². The molecule has 1 heterocycles. The van der Waals surface area contributed by atoms with Crippen LogP contribution in [0, 0.1) is 11.3 Å². The number of nitrogens with one attached hydrogen (secondary N) is 1. The molecule has 0 fully saturated rings. The van der Waals surface area contributed by atoms with Crippen LogP contribution in [0.1, 0.15) is 18.4 Å². The Balaban J connectivity index is 1.77. The molecule has 0 bridgehead atoms. The van der Waals surface area contributed by atoms with Gasteiger partial charge in [-0.3, -0.25) is 9.78 Å². The van der Waals surface area contributed by atoms with Crippen LogP contribution in [-0.2, 0) is 4.79 Å². The lowest BCUT2D eigenvalue weighted by atomic mass is 10.2. The Morgan fingerprint density at radius 2 is 2.22 bits per heavy atom. The first-order valence-corrected chi connectivity index (χ1v) is 7.13. The number of anilines is 1. The topological polar surface area (TPSA) is 84.2 Å². The number of nitriles is 1. The number of carbonyl (C=O) groups excluding carboxylic acids is 1. The van der Waals surface area contributed by atoms with Gasteiger partial charge in [-0.05, 0) is 30.7 Å². The molecule has 6 heteroatoms. The summed E-state index contributed by atoms with van der Waals surface area (Å²) in [6.45, 7) is 0.378. The van der Waals surface area contributed by atoms with Gasteiger partial charge in [0.1, 0.15) is 0 Å². The zero-order valence-electron chi connectivity index (χ0n) is 12.8. The molecule has 0 unspecified atom stereocenters. The Bertz CT molecular complexity index is 696.